The van der Waals surface area contributed by atoms with E-state index in [2.05, 4.69) is 28.9 Å². The zero-order valence-electron chi connectivity index (χ0n) is 20.6. The quantitative estimate of drug-likeness (QED) is 0.242. The lowest BCUT2D eigenvalue weighted by atomic mass is 9.78. The van der Waals surface area contributed by atoms with Crippen molar-refractivity contribution in [3.8, 4) is 5.75 Å². The van der Waals surface area contributed by atoms with Gasteiger partial charge in [-0.3, -0.25) is 19.4 Å². The van der Waals surface area contributed by atoms with Crippen molar-refractivity contribution in [1.82, 2.24) is 9.80 Å². The smallest absolute Gasteiger partial charge is 0.466 e. The van der Waals surface area contributed by atoms with Crippen LogP contribution in [-0.2, 0) is 14.2 Å². The van der Waals surface area contributed by atoms with Crippen LogP contribution < -0.4 is 9.64 Å². The molecular weight excluding hydrogens is 493 g/mol. The molecule has 1 aromatic carbocycles. The van der Waals surface area contributed by atoms with Crippen molar-refractivity contribution in [2.24, 2.45) is 11.8 Å². The molecule has 2 amide bonds. The molecule has 3 aliphatic rings. The van der Waals surface area contributed by atoms with E-state index in [1.165, 1.54) is 10.5 Å². The van der Waals surface area contributed by atoms with Gasteiger partial charge in [-0.25, -0.2) is 4.57 Å². The van der Waals surface area contributed by atoms with Crippen molar-refractivity contribution < 1.29 is 43.8 Å². The minimum absolute atomic E-state index is 0.178. The number of aliphatic hydroxyl groups excluding tert-OH is 2. The number of carbonyl (C=O) groups is 2. The van der Waals surface area contributed by atoms with Crippen molar-refractivity contribution in [1.29, 1.82) is 0 Å². The number of carbonyl (C=O) groups excluding carboxylic acids is 2. The van der Waals surface area contributed by atoms with E-state index in [0.29, 0.717) is 6.54 Å². The SMILES string of the molecule is COc1ccc(C)cc1N1CCN(CCCN2C(=O)C3CC(O)C(O)CC3C2=O)CC1.O=P(O)(O)O. The zero-order chi connectivity index (χ0) is 26.6. The fraction of sp³-hybridized carbons (Fsp3) is 0.652. The summed E-state index contributed by atoms with van der Waals surface area (Å²) in [5.41, 5.74) is 2.33. The van der Waals surface area contributed by atoms with Crippen LogP contribution in [0.15, 0.2) is 18.2 Å². The second-order valence-corrected chi connectivity index (χ2v) is 10.5. The third-order valence-electron chi connectivity index (χ3n) is 6.99. The summed E-state index contributed by atoms with van der Waals surface area (Å²) in [6.45, 7) is 6.96. The summed E-state index contributed by atoms with van der Waals surface area (Å²) in [7, 11) is -2.94. The number of aliphatic hydroxyl groups is 2. The lowest BCUT2D eigenvalue weighted by Crippen LogP contribution is -2.47. The third-order valence-corrected chi connectivity index (χ3v) is 6.99. The molecule has 0 bridgehead atoms. The summed E-state index contributed by atoms with van der Waals surface area (Å²) in [5, 5.41) is 19.7. The second-order valence-electron chi connectivity index (χ2n) is 9.52. The molecule has 4 unspecified atom stereocenters. The highest BCUT2D eigenvalue weighted by atomic mass is 31.2. The van der Waals surface area contributed by atoms with Gasteiger partial charge >= 0.3 is 7.82 Å². The maximum Gasteiger partial charge on any atom is 0.466 e. The summed E-state index contributed by atoms with van der Waals surface area (Å²) >= 11 is 0. The molecule has 2 heterocycles. The van der Waals surface area contributed by atoms with Gasteiger partial charge in [0.1, 0.15) is 5.75 Å². The molecule has 1 aliphatic carbocycles. The van der Waals surface area contributed by atoms with Crippen LogP contribution in [0, 0.1) is 18.8 Å². The minimum atomic E-state index is -4.64. The third kappa shape index (κ3) is 7.25. The van der Waals surface area contributed by atoms with Crippen LogP contribution in [0.3, 0.4) is 0 Å². The van der Waals surface area contributed by atoms with E-state index < -0.39 is 31.9 Å². The first-order chi connectivity index (χ1) is 16.9. The fourth-order valence-electron chi connectivity index (χ4n) is 5.15. The number of imide groups is 1. The van der Waals surface area contributed by atoms with Gasteiger partial charge in [0.2, 0.25) is 11.8 Å². The predicted octanol–water partition coefficient (Wildman–Crippen LogP) is -0.296. The van der Waals surface area contributed by atoms with E-state index in [4.69, 9.17) is 24.0 Å². The second kappa shape index (κ2) is 12.0. The molecule has 1 aromatic rings. The van der Waals surface area contributed by atoms with E-state index >= 15 is 0 Å². The number of benzene rings is 1. The van der Waals surface area contributed by atoms with Gasteiger partial charge in [-0.2, -0.15) is 0 Å². The number of hydrogen-bond donors (Lipinski definition) is 5. The summed E-state index contributed by atoms with van der Waals surface area (Å²) in [5.74, 6) is -0.422. The molecule has 0 spiro atoms. The molecular formula is C23H36N3O9P. The topological polar surface area (TPSA) is 171 Å². The molecule has 4 rings (SSSR count). The molecule has 0 radical (unpaired) electrons. The standard InChI is InChI=1S/C23H33N3O5.H3O4P/c1-15-4-5-21(31-2)18(12-15)25-10-8-24(9-11-25)6-3-7-26-22(29)16-13-19(27)20(28)14-17(16)23(26)30;1-5(2,3)4/h4-5,12,16-17,19-20,27-28H,3,6-11,13-14H2,1-2H3;(H3,1,2,3,4). The van der Waals surface area contributed by atoms with Crippen molar-refractivity contribution in [2.45, 2.75) is 38.4 Å². The number of rotatable bonds is 6. The fourth-order valence-corrected chi connectivity index (χ4v) is 5.15. The van der Waals surface area contributed by atoms with E-state index in [-0.39, 0.29) is 24.7 Å². The first-order valence-electron chi connectivity index (χ1n) is 12.0. The number of amides is 2. The molecule has 3 fully saturated rings. The number of nitrogens with zero attached hydrogens (tertiary/aromatic N) is 3. The zero-order valence-corrected chi connectivity index (χ0v) is 21.5. The molecule has 0 aromatic heterocycles. The van der Waals surface area contributed by atoms with Crippen LogP contribution in [0.1, 0.15) is 24.8 Å². The maximum atomic E-state index is 12.7. The van der Waals surface area contributed by atoms with Crippen LogP contribution in [-0.4, -0.2) is 105 Å². The van der Waals surface area contributed by atoms with Crippen molar-refractivity contribution in [3.05, 3.63) is 23.8 Å². The van der Waals surface area contributed by atoms with Crippen LogP contribution in [0.5, 0.6) is 5.75 Å². The molecule has 13 heteroatoms. The number of anilines is 1. The number of likely N-dealkylation sites (tertiary alicyclic amines) is 1. The Morgan fingerprint density at radius 1 is 0.944 bits per heavy atom. The Kier molecular flexibility index (Phi) is 9.50. The van der Waals surface area contributed by atoms with E-state index in [1.54, 1.807) is 7.11 Å². The molecule has 12 nitrogen and oxygen atoms in total. The number of piperazine rings is 1. The first kappa shape index (κ1) is 28.5. The van der Waals surface area contributed by atoms with Gasteiger partial charge in [-0.05, 0) is 50.4 Å². The van der Waals surface area contributed by atoms with E-state index in [1.807, 2.05) is 6.07 Å². The number of fused-ring (bicyclic) bond motifs is 1. The van der Waals surface area contributed by atoms with Gasteiger partial charge in [0.05, 0.1) is 36.8 Å². The first-order valence-corrected chi connectivity index (χ1v) is 13.6. The Balaban J connectivity index is 0.000000658. The lowest BCUT2D eigenvalue weighted by molar-refractivity contribution is -0.140. The van der Waals surface area contributed by atoms with Crippen LogP contribution in [0.25, 0.3) is 0 Å². The van der Waals surface area contributed by atoms with E-state index in [0.717, 1.165) is 50.6 Å². The summed E-state index contributed by atoms with van der Waals surface area (Å²) in [6, 6.07) is 6.22. The van der Waals surface area contributed by atoms with Crippen LogP contribution in [0.4, 0.5) is 5.69 Å². The van der Waals surface area contributed by atoms with Crippen molar-refractivity contribution in [3.63, 3.8) is 0 Å². The number of phosphoric acid groups is 1. The summed E-state index contributed by atoms with van der Waals surface area (Å²) < 4.78 is 14.4. The van der Waals surface area contributed by atoms with Gasteiger partial charge in [-0.1, -0.05) is 6.07 Å². The molecule has 36 heavy (non-hydrogen) atoms. The van der Waals surface area contributed by atoms with Gasteiger partial charge in [0, 0.05) is 32.7 Å². The molecule has 1 saturated carbocycles. The Bertz CT molecular complexity index is 943. The monoisotopic (exact) mass is 529 g/mol. The average Bonchev–Trinajstić information content (AvgIpc) is 3.03. The number of aryl methyl sites for hydroxylation is 1. The summed E-state index contributed by atoms with van der Waals surface area (Å²) in [4.78, 5) is 52.9. The Morgan fingerprint density at radius 3 is 1.97 bits per heavy atom. The van der Waals surface area contributed by atoms with Gasteiger partial charge in [0.25, 0.3) is 0 Å². The highest BCUT2D eigenvalue weighted by Gasteiger charge is 2.51. The number of hydrogen-bond acceptors (Lipinski definition) is 8. The van der Waals surface area contributed by atoms with Gasteiger partial charge in [-0.15, -0.1) is 0 Å². The minimum Gasteiger partial charge on any atom is -0.495 e. The normalized spacial score (nSPS) is 27.0. The highest BCUT2D eigenvalue weighted by Crippen LogP contribution is 2.38. The number of methoxy groups -OCH3 is 1. The highest BCUT2D eigenvalue weighted by molar-refractivity contribution is 7.45. The molecule has 2 aliphatic heterocycles. The summed E-state index contributed by atoms with van der Waals surface area (Å²) in [6.07, 6.45) is -0.743. The van der Waals surface area contributed by atoms with Crippen molar-refractivity contribution in [2.75, 3.05) is 51.3 Å². The number of ether oxygens (including phenoxy) is 1. The largest absolute Gasteiger partial charge is 0.495 e. The van der Waals surface area contributed by atoms with Gasteiger partial charge in [0.15, 0.2) is 0 Å². The van der Waals surface area contributed by atoms with Crippen LogP contribution >= 0.6 is 7.82 Å². The van der Waals surface area contributed by atoms with Crippen molar-refractivity contribution >= 4 is 25.3 Å². The average molecular weight is 530 g/mol. The Morgan fingerprint density at radius 2 is 1.47 bits per heavy atom. The van der Waals surface area contributed by atoms with E-state index in [9.17, 15) is 19.8 Å². The van der Waals surface area contributed by atoms with Gasteiger partial charge < -0.3 is 34.5 Å². The Labute approximate surface area is 210 Å². The molecule has 202 valence electrons. The predicted molar refractivity (Wildman–Crippen MR) is 130 cm³/mol. The maximum absolute atomic E-state index is 12.7. The molecule has 5 N–H and O–H groups in total. The molecule has 2 saturated heterocycles. The van der Waals surface area contributed by atoms with Crippen LogP contribution in [0.2, 0.25) is 0 Å². The Hall–Kier alpha value is -2.05. The molecule has 4 atom stereocenters. The lowest BCUT2D eigenvalue weighted by Gasteiger charge is -2.37.